The monoisotopic (exact) mass is 229 g/mol. The van der Waals surface area contributed by atoms with Gasteiger partial charge in [0.2, 0.25) is 5.91 Å². The van der Waals surface area contributed by atoms with Gasteiger partial charge in [0, 0.05) is 12.8 Å². The van der Waals surface area contributed by atoms with Gasteiger partial charge in [0.25, 0.3) is 11.1 Å². The molecule has 1 aliphatic rings. The summed E-state index contributed by atoms with van der Waals surface area (Å²) < 4.78 is 5.42. The van der Waals surface area contributed by atoms with Gasteiger partial charge in [-0.2, -0.15) is 0 Å². The minimum absolute atomic E-state index is 0.177. The van der Waals surface area contributed by atoms with E-state index in [0.29, 0.717) is 17.2 Å². The molecule has 0 aromatic carbocycles. The van der Waals surface area contributed by atoms with Crippen LogP contribution in [-0.4, -0.2) is 28.4 Å². The lowest BCUT2D eigenvalue weighted by Crippen LogP contribution is -2.81. The maximum atomic E-state index is 10.5. The van der Waals surface area contributed by atoms with Crippen LogP contribution in [0.5, 0.6) is 0 Å². The first-order chi connectivity index (χ1) is 7.25. The summed E-state index contributed by atoms with van der Waals surface area (Å²) in [7, 11) is 0. The number of thioether (sulfide) groups is 1. The van der Waals surface area contributed by atoms with Crippen molar-refractivity contribution in [2.75, 3.05) is 12.3 Å². The van der Waals surface area contributed by atoms with Crippen LogP contribution in [0.15, 0.2) is 9.64 Å². The van der Waals surface area contributed by atoms with Gasteiger partial charge in [-0.15, -0.1) is 10.2 Å². The molecule has 1 aromatic heterocycles. The average Bonchev–Trinajstić information content (AvgIpc) is 2.85. The number of amides is 1. The van der Waals surface area contributed by atoms with Crippen molar-refractivity contribution in [3.05, 3.63) is 5.89 Å². The molecule has 15 heavy (non-hydrogen) atoms. The van der Waals surface area contributed by atoms with Gasteiger partial charge in [0.15, 0.2) is 6.04 Å². The molecular weight excluding hydrogens is 216 g/mol. The molecule has 0 aliphatic carbocycles. The van der Waals surface area contributed by atoms with E-state index in [1.54, 1.807) is 0 Å². The maximum Gasteiger partial charge on any atom is 0.277 e. The number of nitrogens with two attached hydrogens (primary N) is 2. The molecule has 0 radical (unpaired) electrons. The molecule has 4 N–H and O–H groups in total. The predicted octanol–water partition coefficient (Wildman–Crippen LogP) is -0.955. The highest BCUT2D eigenvalue weighted by Gasteiger charge is 2.26. The fourth-order valence-electron chi connectivity index (χ4n) is 1.56. The molecule has 0 spiro atoms. The Morgan fingerprint density at radius 2 is 2.53 bits per heavy atom. The highest BCUT2D eigenvalue weighted by atomic mass is 32.2. The summed E-state index contributed by atoms with van der Waals surface area (Å²) in [5.41, 5.74) is 5.01. The van der Waals surface area contributed by atoms with Crippen molar-refractivity contribution < 1.29 is 14.5 Å². The lowest BCUT2D eigenvalue weighted by Gasteiger charge is -1.98. The van der Waals surface area contributed by atoms with Gasteiger partial charge in [-0.05, 0) is 0 Å². The first-order valence-corrected chi connectivity index (χ1v) is 5.82. The molecule has 1 amide bonds. The van der Waals surface area contributed by atoms with Crippen molar-refractivity contribution in [3.63, 3.8) is 0 Å². The Bertz CT molecular complexity index is 348. The van der Waals surface area contributed by atoms with Gasteiger partial charge >= 0.3 is 0 Å². The summed E-state index contributed by atoms with van der Waals surface area (Å²) >= 11 is 1.18. The zero-order valence-corrected chi connectivity index (χ0v) is 9.00. The summed E-state index contributed by atoms with van der Waals surface area (Å²) in [6.07, 6.45) is 2.25. The normalized spacial score (nSPS) is 20.7. The van der Waals surface area contributed by atoms with Crippen LogP contribution in [-0.2, 0) is 4.79 Å². The SMILES string of the molecule is NC(=O)CSc1nnc(C2CCC[NH2+]2)o1. The lowest BCUT2D eigenvalue weighted by atomic mass is 10.2. The third kappa shape index (κ3) is 2.69. The van der Waals surface area contributed by atoms with E-state index in [1.165, 1.54) is 18.2 Å². The van der Waals surface area contributed by atoms with Crippen LogP contribution < -0.4 is 11.1 Å². The minimum atomic E-state index is -0.382. The number of primary amides is 1. The summed E-state index contributed by atoms with van der Waals surface area (Å²) in [4.78, 5) is 10.5. The zero-order chi connectivity index (χ0) is 10.7. The number of hydrogen-bond acceptors (Lipinski definition) is 5. The first kappa shape index (κ1) is 10.4. The van der Waals surface area contributed by atoms with Gasteiger partial charge in [-0.3, -0.25) is 4.79 Å². The molecular formula is C8H13N4O2S+. The van der Waals surface area contributed by atoms with Crippen LogP contribution >= 0.6 is 11.8 Å². The van der Waals surface area contributed by atoms with E-state index >= 15 is 0 Å². The van der Waals surface area contributed by atoms with Gasteiger partial charge in [-0.1, -0.05) is 11.8 Å². The van der Waals surface area contributed by atoms with E-state index < -0.39 is 0 Å². The highest BCUT2D eigenvalue weighted by Crippen LogP contribution is 2.21. The van der Waals surface area contributed by atoms with Crippen LogP contribution in [0.4, 0.5) is 0 Å². The van der Waals surface area contributed by atoms with Crippen molar-refractivity contribution in [2.24, 2.45) is 5.73 Å². The smallest absolute Gasteiger partial charge is 0.277 e. The molecule has 0 bridgehead atoms. The molecule has 1 saturated heterocycles. The van der Waals surface area contributed by atoms with E-state index in [0.717, 1.165) is 13.0 Å². The molecule has 1 atom stereocenters. The maximum absolute atomic E-state index is 10.5. The molecule has 6 nitrogen and oxygen atoms in total. The summed E-state index contributed by atoms with van der Waals surface area (Å²) in [6, 6.07) is 0.292. The number of carbonyl (C=O) groups excluding carboxylic acids is 1. The molecule has 2 heterocycles. The number of aromatic nitrogens is 2. The molecule has 82 valence electrons. The van der Waals surface area contributed by atoms with Gasteiger partial charge in [0.05, 0.1) is 12.3 Å². The Morgan fingerprint density at radius 1 is 1.67 bits per heavy atom. The van der Waals surface area contributed by atoms with E-state index in [2.05, 4.69) is 15.5 Å². The van der Waals surface area contributed by atoms with Crippen LogP contribution in [0, 0.1) is 0 Å². The van der Waals surface area contributed by atoms with Gasteiger partial charge in [0.1, 0.15) is 0 Å². The molecule has 1 aromatic rings. The molecule has 1 unspecified atom stereocenters. The molecule has 7 heteroatoms. The highest BCUT2D eigenvalue weighted by molar-refractivity contribution is 7.99. The summed E-state index contributed by atoms with van der Waals surface area (Å²) in [5, 5.41) is 10.4. The van der Waals surface area contributed by atoms with Gasteiger partial charge < -0.3 is 15.5 Å². The second-order valence-corrected chi connectivity index (χ2v) is 4.36. The fraction of sp³-hybridized carbons (Fsp3) is 0.625. The first-order valence-electron chi connectivity index (χ1n) is 4.83. The van der Waals surface area contributed by atoms with E-state index in [-0.39, 0.29) is 11.7 Å². The Balaban J connectivity index is 1.94. The van der Waals surface area contributed by atoms with Crippen molar-refractivity contribution in [1.82, 2.24) is 10.2 Å². The van der Waals surface area contributed by atoms with Crippen molar-refractivity contribution in [2.45, 2.75) is 24.1 Å². The van der Waals surface area contributed by atoms with Crippen LogP contribution in [0.3, 0.4) is 0 Å². The third-order valence-corrected chi connectivity index (χ3v) is 3.09. The minimum Gasteiger partial charge on any atom is -0.410 e. The molecule has 1 aliphatic heterocycles. The number of quaternary nitrogens is 1. The number of rotatable bonds is 4. The zero-order valence-electron chi connectivity index (χ0n) is 8.18. The second kappa shape index (κ2) is 4.63. The van der Waals surface area contributed by atoms with Crippen LogP contribution in [0.25, 0.3) is 0 Å². The number of nitrogens with zero attached hydrogens (tertiary/aromatic N) is 2. The molecule has 1 fully saturated rings. The summed E-state index contributed by atoms with van der Waals surface area (Å²) in [6.45, 7) is 1.11. The quantitative estimate of drug-likeness (QED) is 0.648. The Hall–Kier alpha value is -1.08. The predicted molar refractivity (Wildman–Crippen MR) is 53.0 cm³/mol. The number of carbonyl (C=O) groups is 1. The van der Waals surface area contributed by atoms with Crippen LogP contribution in [0.1, 0.15) is 24.8 Å². The number of hydrogen-bond donors (Lipinski definition) is 2. The largest absolute Gasteiger partial charge is 0.410 e. The lowest BCUT2D eigenvalue weighted by molar-refractivity contribution is -0.678. The Kier molecular flexibility index (Phi) is 3.22. The Labute approximate surface area is 91.0 Å². The second-order valence-electron chi connectivity index (χ2n) is 3.43. The molecule has 0 saturated carbocycles. The van der Waals surface area contributed by atoms with Crippen molar-refractivity contribution >= 4 is 17.7 Å². The summed E-state index contributed by atoms with van der Waals surface area (Å²) in [5.74, 6) is 0.447. The average molecular weight is 229 g/mol. The topological polar surface area (TPSA) is 98.6 Å². The Morgan fingerprint density at radius 3 is 3.20 bits per heavy atom. The van der Waals surface area contributed by atoms with Crippen LogP contribution in [0.2, 0.25) is 0 Å². The fourth-order valence-corrected chi connectivity index (χ4v) is 2.07. The van der Waals surface area contributed by atoms with E-state index in [4.69, 9.17) is 10.2 Å². The molecule has 2 rings (SSSR count). The third-order valence-electron chi connectivity index (χ3n) is 2.25. The standard InChI is InChI=1S/C8H12N4O2S/c9-6(13)4-15-8-12-11-7(14-8)5-2-1-3-10-5/h5,10H,1-4H2,(H2,9,13)/p+1. The van der Waals surface area contributed by atoms with Crippen molar-refractivity contribution in [1.29, 1.82) is 0 Å². The van der Waals surface area contributed by atoms with E-state index in [9.17, 15) is 4.79 Å². The van der Waals surface area contributed by atoms with Gasteiger partial charge in [-0.25, -0.2) is 0 Å². The van der Waals surface area contributed by atoms with Crippen molar-refractivity contribution in [3.8, 4) is 0 Å². The van der Waals surface area contributed by atoms with E-state index in [1.807, 2.05) is 0 Å².